The van der Waals surface area contributed by atoms with Gasteiger partial charge in [-0.2, -0.15) is 0 Å². The Kier molecular flexibility index (Phi) is 8.06. The van der Waals surface area contributed by atoms with Crippen LogP contribution in [0.15, 0.2) is 48.5 Å². The van der Waals surface area contributed by atoms with E-state index in [9.17, 15) is 14.4 Å². The summed E-state index contributed by atoms with van der Waals surface area (Å²) in [4.78, 5) is 38.7. The molecular weight excluding hydrogens is 444 g/mol. The van der Waals surface area contributed by atoms with Gasteiger partial charge >= 0.3 is 12.1 Å². The number of carbonyl (C=O) groups is 3. The van der Waals surface area contributed by atoms with Crippen LogP contribution in [0.3, 0.4) is 0 Å². The molecule has 7 nitrogen and oxygen atoms in total. The molecular formula is C28H34N2O5. The smallest absolute Gasteiger partial charge is 0.407 e. The lowest BCUT2D eigenvalue weighted by Gasteiger charge is -2.29. The molecule has 1 unspecified atom stereocenters. The van der Waals surface area contributed by atoms with Gasteiger partial charge in [-0.3, -0.25) is 9.59 Å². The lowest BCUT2D eigenvalue weighted by Crippen LogP contribution is -2.49. The minimum Gasteiger partial charge on any atom is -0.481 e. The van der Waals surface area contributed by atoms with Crippen molar-refractivity contribution >= 4 is 18.0 Å². The van der Waals surface area contributed by atoms with Crippen LogP contribution in [-0.4, -0.2) is 54.2 Å². The number of amides is 2. The molecule has 1 saturated carbocycles. The zero-order valence-electron chi connectivity index (χ0n) is 20.2. The molecule has 0 spiro atoms. The molecule has 0 saturated heterocycles. The summed E-state index contributed by atoms with van der Waals surface area (Å²) in [6.45, 7) is 0.756. The Balaban J connectivity index is 1.39. The largest absolute Gasteiger partial charge is 0.481 e. The number of carboxylic acid groups (broad SMARTS) is 1. The molecule has 35 heavy (non-hydrogen) atoms. The van der Waals surface area contributed by atoms with Gasteiger partial charge < -0.3 is 20.1 Å². The van der Waals surface area contributed by atoms with Crippen LogP contribution in [0.4, 0.5) is 4.79 Å². The van der Waals surface area contributed by atoms with Crippen molar-refractivity contribution in [1.82, 2.24) is 10.2 Å². The number of hydrogen-bond acceptors (Lipinski definition) is 4. The Morgan fingerprint density at radius 3 is 2.20 bits per heavy atom. The number of nitrogens with zero attached hydrogens (tertiary/aromatic N) is 1. The fourth-order valence-corrected chi connectivity index (χ4v) is 5.42. The second-order valence-electron chi connectivity index (χ2n) is 9.68. The first-order valence-corrected chi connectivity index (χ1v) is 12.5. The Hall–Kier alpha value is -3.35. The summed E-state index contributed by atoms with van der Waals surface area (Å²) < 4.78 is 5.59. The van der Waals surface area contributed by atoms with Crippen molar-refractivity contribution in [2.75, 3.05) is 20.2 Å². The zero-order chi connectivity index (χ0) is 24.8. The number of likely N-dealkylation sites (N-methyl/N-ethyl adjacent to an activating group) is 1. The highest BCUT2D eigenvalue weighted by Gasteiger charge is 2.31. The monoisotopic (exact) mass is 478 g/mol. The van der Waals surface area contributed by atoms with Gasteiger partial charge in [0.05, 0.1) is 0 Å². The highest BCUT2D eigenvalue weighted by molar-refractivity contribution is 5.86. The highest BCUT2D eigenvalue weighted by atomic mass is 16.5. The van der Waals surface area contributed by atoms with Crippen LogP contribution < -0.4 is 5.32 Å². The molecule has 2 amide bonds. The maximum Gasteiger partial charge on any atom is 0.407 e. The van der Waals surface area contributed by atoms with E-state index >= 15 is 0 Å². The molecule has 0 radical (unpaired) electrons. The molecule has 186 valence electrons. The predicted octanol–water partition coefficient (Wildman–Crippen LogP) is 4.80. The summed E-state index contributed by atoms with van der Waals surface area (Å²) in [6, 6.07) is 15.2. The van der Waals surface area contributed by atoms with Crippen molar-refractivity contribution in [2.45, 2.75) is 56.9 Å². The number of carboxylic acids is 1. The summed E-state index contributed by atoms with van der Waals surface area (Å²) in [5, 5.41) is 11.8. The zero-order valence-corrected chi connectivity index (χ0v) is 20.2. The maximum atomic E-state index is 13.1. The molecule has 2 aliphatic rings. The summed E-state index contributed by atoms with van der Waals surface area (Å²) in [5.74, 6) is -0.917. The first-order chi connectivity index (χ1) is 16.9. The van der Waals surface area contributed by atoms with Crippen LogP contribution in [0.5, 0.6) is 0 Å². The van der Waals surface area contributed by atoms with Gasteiger partial charge in [0.1, 0.15) is 12.6 Å². The Labute approximate surface area is 206 Å². The molecule has 4 rings (SSSR count). The minimum atomic E-state index is -1.01. The Bertz CT molecular complexity index is 1020. The molecule has 1 atom stereocenters. The molecule has 0 heterocycles. The quantitative estimate of drug-likeness (QED) is 0.540. The summed E-state index contributed by atoms with van der Waals surface area (Å²) >= 11 is 0. The molecule has 0 bridgehead atoms. The van der Waals surface area contributed by atoms with E-state index < -0.39 is 18.1 Å². The normalized spacial score (nSPS) is 16.1. The van der Waals surface area contributed by atoms with Gasteiger partial charge in [0.2, 0.25) is 5.91 Å². The van der Waals surface area contributed by atoms with E-state index in [4.69, 9.17) is 9.84 Å². The van der Waals surface area contributed by atoms with E-state index in [1.54, 1.807) is 11.9 Å². The standard InChI is InChI=1S/C28H34N2O5/c1-30(17-19-9-3-2-4-10-19)27(33)25(15-16-26(31)32)29-28(34)35-18-24-22-13-7-5-11-20(22)21-12-6-8-14-23(21)24/h5-8,11-14,19,24-25H,2-4,9-10,15-18H2,1H3,(H,29,34)(H,31,32). The molecule has 2 aromatic rings. The van der Waals surface area contributed by atoms with Crippen LogP contribution in [0.25, 0.3) is 11.1 Å². The third-order valence-corrected chi connectivity index (χ3v) is 7.21. The fraction of sp³-hybridized carbons (Fsp3) is 0.464. The number of fused-ring (bicyclic) bond motifs is 3. The van der Waals surface area contributed by atoms with Crippen molar-refractivity contribution < 1.29 is 24.2 Å². The summed E-state index contributed by atoms with van der Waals surface area (Å²) in [6.07, 6.45) is 4.87. The van der Waals surface area contributed by atoms with Crippen molar-refractivity contribution in [3.05, 3.63) is 59.7 Å². The van der Waals surface area contributed by atoms with Crippen molar-refractivity contribution in [1.29, 1.82) is 0 Å². The molecule has 2 N–H and O–H groups in total. The third-order valence-electron chi connectivity index (χ3n) is 7.21. The number of hydrogen-bond donors (Lipinski definition) is 2. The van der Waals surface area contributed by atoms with Gasteiger partial charge in [-0.1, -0.05) is 67.8 Å². The van der Waals surface area contributed by atoms with Gasteiger partial charge in [0.25, 0.3) is 0 Å². The topological polar surface area (TPSA) is 95.9 Å². The molecule has 1 fully saturated rings. The number of nitrogens with one attached hydrogen (secondary N) is 1. The Morgan fingerprint density at radius 1 is 1.00 bits per heavy atom. The average molecular weight is 479 g/mol. The van der Waals surface area contributed by atoms with E-state index in [1.807, 2.05) is 36.4 Å². The van der Waals surface area contributed by atoms with Crippen molar-refractivity contribution in [3.63, 3.8) is 0 Å². The third kappa shape index (κ3) is 6.02. The first kappa shape index (κ1) is 24.8. The van der Waals surface area contributed by atoms with E-state index in [-0.39, 0.29) is 31.3 Å². The predicted molar refractivity (Wildman–Crippen MR) is 133 cm³/mol. The highest BCUT2D eigenvalue weighted by Crippen LogP contribution is 2.44. The van der Waals surface area contributed by atoms with E-state index in [0.717, 1.165) is 35.1 Å². The Morgan fingerprint density at radius 2 is 1.60 bits per heavy atom. The van der Waals surface area contributed by atoms with Gasteiger partial charge in [-0.15, -0.1) is 0 Å². The SMILES string of the molecule is CN(CC1CCCCC1)C(=O)C(CCC(=O)O)NC(=O)OCC1c2ccccc2-c2ccccc21. The van der Waals surface area contributed by atoms with E-state index in [1.165, 1.54) is 19.3 Å². The van der Waals surface area contributed by atoms with E-state index in [0.29, 0.717) is 12.5 Å². The van der Waals surface area contributed by atoms with Gasteiger partial charge in [0.15, 0.2) is 0 Å². The van der Waals surface area contributed by atoms with Crippen LogP contribution in [0, 0.1) is 5.92 Å². The van der Waals surface area contributed by atoms with E-state index in [2.05, 4.69) is 17.4 Å². The molecule has 7 heteroatoms. The number of rotatable bonds is 9. The number of benzene rings is 2. The lowest BCUT2D eigenvalue weighted by atomic mass is 9.89. The average Bonchev–Trinajstić information content (AvgIpc) is 3.19. The van der Waals surface area contributed by atoms with Crippen LogP contribution in [-0.2, 0) is 14.3 Å². The number of aliphatic carboxylic acids is 1. The number of carbonyl (C=O) groups excluding carboxylic acids is 2. The van der Waals surface area contributed by atoms with Crippen molar-refractivity contribution in [2.24, 2.45) is 5.92 Å². The fourth-order valence-electron chi connectivity index (χ4n) is 5.42. The first-order valence-electron chi connectivity index (χ1n) is 12.5. The van der Waals surface area contributed by atoms with Crippen LogP contribution in [0.1, 0.15) is 62.0 Å². The van der Waals surface area contributed by atoms with Gasteiger partial charge in [0, 0.05) is 25.9 Å². The summed E-state index contributed by atoms with van der Waals surface area (Å²) in [5.41, 5.74) is 4.48. The van der Waals surface area contributed by atoms with Crippen LogP contribution in [0.2, 0.25) is 0 Å². The van der Waals surface area contributed by atoms with Crippen molar-refractivity contribution in [3.8, 4) is 11.1 Å². The molecule has 0 aromatic heterocycles. The maximum absolute atomic E-state index is 13.1. The number of ether oxygens (including phenoxy) is 1. The second-order valence-corrected chi connectivity index (χ2v) is 9.68. The number of alkyl carbamates (subject to hydrolysis) is 1. The second kappa shape index (κ2) is 11.4. The molecule has 0 aliphatic heterocycles. The summed E-state index contributed by atoms with van der Waals surface area (Å²) in [7, 11) is 1.73. The van der Waals surface area contributed by atoms with Crippen LogP contribution >= 0.6 is 0 Å². The minimum absolute atomic E-state index is 0.0212. The lowest BCUT2D eigenvalue weighted by molar-refractivity contribution is -0.138. The molecule has 2 aliphatic carbocycles. The molecule has 2 aromatic carbocycles. The van der Waals surface area contributed by atoms with Gasteiger partial charge in [-0.05, 0) is 47.4 Å². The van der Waals surface area contributed by atoms with Gasteiger partial charge in [-0.25, -0.2) is 4.79 Å².